The fourth-order valence-electron chi connectivity index (χ4n) is 1.31. The van der Waals surface area contributed by atoms with E-state index in [1.165, 1.54) is 12.1 Å². The highest BCUT2D eigenvalue weighted by molar-refractivity contribution is 7.98. The summed E-state index contributed by atoms with van der Waals surface area (Å²) in [4.78, 5) is 13.9. The third-order valence-electron chi connectivity index (χ3n) is 1.99. The van der Waals surface area contributed by atoms with Gasteiger partial charge >= 0.3 is 5.69 Å². The number of nitrogens with zero attached hydrogens (tertiary/aromatic N) is 3. The minimum Gasteiger partial charge on any atom is -0.367 e. The Labute approximate surface area is 103 Å². The number of hydrogen-bond donors (Lipinski definition) is 1. The molecule has 0 radical (unpaired) electrons. The molecule has 0 spiro atoms. The molecule has 0 saturated heterocycles. The topological polar surface area (TPSA) is 91.9 Å². The molecule has 7 heteroatoms. The lowest BCUT2D eigenvalue weighted by atomic mass is 10.3. The molecule has 1 aromatic heterocycles. The van der Waals surface area contributed by atoms with Crippen LogP contribution in [0.15, 0.2) is 12.1 Å². The third kappa shape index (κ3) is 3.60. The van der Waals surface area contributed by atoms with E-state index in [0.717, 1.165) is 5.75 Å². The van der Waals surface area contributed by atoms with Crippen molar-refractivity contribution in [2.75, 3.05) is 17.3 Å². The Kier molecular flexibility index (Phi) is 4.72. The van der Waals surface area contributed by atoms with Gasteiger partial charge in [0.1, 0.15) is 11.9 Å². The van der Waals surface area contributed by atoms with Gasteiger partial charge in [0.05, 0.1) is 4.92 Å². The summed E-state index contributed by atoms with van der Waals surface area (Å²) in [6, 6.07) is 4.71. The van der Waals surface area contributed by atoms with Crippen LogP contribution in [0.5, 0.6) is 0 Å². The Morgan fingerprint density at radius 1 is 1.71 bits per heavy atom. The second kappa shape index (κ2) is 6.06. The Morgan fingerprint density at radius 3 is 2.94 bits per heavy atom. The number of nitro groups is 1. The highest BCUT2D eigenvalue weighted by Crippen LogP contribution is 2.18. The molecule has 1 N–H and O–H groups in total. The lowest BCUT2D eigenvalue weighted by Crippen LogP contribution is -2.18. The number of nitrogens with one attached hydrogen (secondary N) is 1. The van der Waals surface area contributed by atoms with E-state index in [-0.39, 0.29) is 17.4 Å². The van der Waals surface area contributed by atoms with Crippen LogP contribution in [0.25, 0.3) is 0 Å². The Morgan fingerprint density at radius 2 is 2.41 bits per heavy atom. The Bertz CT molecular complexity index is 458. The van der Waals surface area contributed by atoms with Gasteiger partial charge in [-0.25, -0.2) is 4.98 Å². The standard InChI is InChI=1S/C10H12N4O2S/c1-7(6-17-2)12-10-4-3-9(14(15)16)8(5-11)13-10/h3-4,7H,6H2,1-2H3,(H,12,13). The number of thioether (sulfide) groups is 1. The van der Waals surface area contributed by atoms with Crippen molar-refractivity contribution < 1.29 is 4.92 Å². The molecule has 90 valence electrons. The van der Waals surface area contributed by atoms with Crippen LogP contribution >= 0.6 is 11.8 Å². The van der Waals surface area contributed by atoms with Crippen LogP contribution in [0.3, 0.4) is 0 Å². The number of rotatable bonds is 5. The Balaban J connectivity index is 2.91. The maximum Gasteiger partial charge on any atom is 0.305 e. The van der Waals surface area contributed by atoms with Crippen LogP contribution in [0.2, 0.25) is 0 Å². The maximum absolute atomic E-state index is 10.6. The smallest absolute Gasteiger partial charge is 0.305 e. The van der Waals surface area contributed by atoms with E-state index in [9.17, 15) is 10.1 Å². The zero-order chi connectivity index (χ0) is 12.8. The normalized spacial score (nSPS) is 11.6. The number of pyridine rings is 1. The van der Waals surface area contributed by atoms with E-state index in [4.69, 9.17) is 5.26 Å². The van der Waals surface area contributed by atoms with Crippen molar-refractivity contribution in [2.24, 2.45) is 0 Å². The minimum absolute atomic E-state index is 0.170. The van der Waals surface area contributed by atoms with E-state index in [2.05, 4.69) is 10.3 Å². The highest BCUT2D eigenvalue weighted by atomic mass is 32.2. The van der Waals surface area contributed by atoms with E-state index in [1.807, 2.05) is 13.2 Å². The summed E-state index contributed by atoms with van der Waals surface area (Å²) in [5.41, 5.74) is -0.438. The largest absolute Gasteiger partial charge is 0.367 e. The number of anilines is 1. The summed E-state index contributed by atoms with van der Waals surface area (Å²) in [6.45, 7) is 1.98. The number of hydrogen-bond acceptors (Lipinski definition) is 6. The van der Waals surface area contributed by atoms with Crippen LogP contribution in [0.4, 0.5) is 11.5 Å². The van der Waals surface area contributed by atoms with E-state index < -0.39 is 4.92 Å². The molecule has 1 aromatic rings. The fourth-order valence-corrected chi connectivity index (χ4v) is 1.89. The van der Waals surface area contributed by atoms with Crippen LogP contribution in [0, 0.1) is 21.4 Å². The SMILES string of the molecule is CSCC(C)Nc1ccc([N+](=O)[O-])c(C#N)n1. The van der Waals surface area contributed by atoms with Crippen molar-refractivity contribution in [1.82, 2.24) is 4.98 Å². The monoisotopic (exact) mass is 252 g/mol. The Hall–Kier alpha value is -1.81. The van der Waals surface area contributed by atoms with Crippen LogP contribution in [-0.2, 0) is 0 Å². The van der Waals surface area contributed by atoms with Gasteiger partial charge in [0, 0.05) is 17.9 Å². The molecule has 0 aliphatic rings. The van der Waals surface area contributed by atoms with Gasteiger partial charge < -0.3 is 5.32 Å². The molecule has 0 fully saturated rings. The first-order valence-electron chi connectivity index (χ1n) is 4.89. The fraction of sp³-hybridized carbons (Fsp3) is 0.400. The summed E-state index contributed by atoms with van der Waals surface area (Å²) in [5.74, 6) is 1.37. The predicted molar refractivity (Wildman–Crippen MR) is 67.1 cm³/mol. The van der Waals surface area contributed by atoms with E-state index in [0.29, 0.717) is 5.82 Å². The third-order valence-corrected chi connectivity index (χ3v) is 2.82. The van der Waals surface area contributed by atoms with Gasteiger partial charge in [-0.05, 0) is 19.2 Å². The van der Waals surface area contributed by atoms with Gasteiger partial charge in [-0.15, -0.1) is 0 Å². The van der Waals surface area contributed by atoms with Gasteiger partial charge in [-0.3, -0.25) is 10.1 Å². The lowest BCUT2D eigenvalue weighted by molar-refractivity contribution is -0.385. The molecule has 1 heterocycles. The molecule has 0 aliphatic heterocycles. The van der Waals surface area contributed by atoms with Crippen molar-refractivity contribution in [2.45, 2.75) is 13.0 Å². The van der Waals surface area contributed by atoms with Gasteiger partial charge in [-0.2, -0.15) is 17.0 Å². The van der Waals surface area contributed by atoms with Crippen LogP contribution in [0.1, 0.15) is 12.6 Å². The molecule has 0 amide bonds. The zero-order valence-corrected chi connectivity index (χ0v) is 10.3. The predicted octanol–water partition coefficient (Wildman–Crippen LogP) is 2.02. The van der Waals surface area contributed by atoms with Gasteiger partial charge in [-0.1, -0.05) is 0 Å². The molecule has 0 aliphatic carbocycles. The van der Waals surface area contributed by atoms with Crippen LogP contribution in [-0.4, -0.2) is 28.0 Å². The quantitative estimate of drug-likeness (QED) is 0.636. The molecule has 0 aromatic carbocycles. The summed E-state index contributed by atoms with van der Waals surface area (Å²) < 4.78 is 0. The van der Waals surface area contributed by atoms with Gasteiger partial charge in [0.25, 0.3) is 0 Å². The lowest BCUT2D eigenvalue weighted by Gasteiger charge is -2.12. The van der Waals surface area contributed by atoms with Crippen molar-refractivity contribution in [1.29, 1.82) is 5.26 Å². The molecule has 1 atom stereocenters. The van der Waals surface area contributed by atoms with Crippen molar-refractivity contribution >= 4 is 23.3 Å². The average molecular weight is 252 g/mol. The average Bonchev–Trinajstić information content (AvgIpc) is 2.28. The summed E-state index contributed by atoms with van der Waals surface area (Å²) in [7, 11) is 0. The number of nitriles is 1. The van der Waals surface area contributed by atoms with Crippen molar-refractivity contribution in [3.8, 4) is 6.07 Å². The maximum atomic E-state index is 10.6. The van der Waals surface area contributed by atoms with Gasteiger partial charge in [0.2, 0.25) is 5.69 Å². The van der Waals surface area contributed by atoms with Crippen molar-refractivity contribution in [3.63, 3.8) is 0 Å². The molecule has 0 saturated carbocycles. The molecule has 1 unspecified atom stereocenters. The van der Waals surface area contributed by atoms with E-state index >= 15 is 0 Å². The first-order valence-corrected chi connectivity index (χ1v) is 6.29. The number of aromatic nitrogens is 1. The first-order chi connectivity index (χ1) is 8.08. The molecular weight excluding hydrogens is 240 g/mol. The molecule has 0 bridgehead atoms. The molecular formula is C10H12N4O2S. The highest BCUT2D eigenvalue weighted by Gasteiger charge is 2.15. The zero-order valence-electron chi connectivity index (χ0n) is 9.51. The minimum atomic E-state index is -0.610. The summed E-state index contributed by atoms with van der Waals surface area (Å²) in [5, 5.41) is 22.5. The molecule has 17 heavy (non-hydrogen) atoms. The van der Waals surface area contributed by atoms with Gasteiger partial charge in [0.15, 0.2) is 0 Å². The second-order valence-corrected chi connectivity index (χ2v) is 4.34. The second-order valence-electron chi connectivity index (χ2n) is 3.43. The van der Waals surface area contributed by atoms with E-state index in [1.54, 1.807) is 17.8 Å². The molecule has 6 nitrogen and oxygen atoms in total. The van der Waals surface area contributed by atoms with Crippen molar-refractivity contribution in [3.05, 3.63) is 27.9 Å². The summed E-state index contributed by atoms with van der Waals surface area (Å²) >= 11 is 1.68. The summed E-state index contributed by atoms with van der Waals surface area (Å²) in [6.07, 6.45) is 1.99. The first kappa shape index (κ1) is 13.3. The van der Waals surface area contributed by atoms with Crippen LogP contribution < -0.4 is 5.32 Å². The molecule has 1 rings (SSSR count).